The van der Waals surface area contributed by atoms with Gasteiger partial charge < -0.3 is 10.1 Å². The van der Waals surface area contributed by atoms with Gasteiger partial charge in [-0.05, 0) is 29.6 Å². The number of thiazole rings is 2. The summed E-state index contributed by atoms with van der Waals surface area (Å²) >= 11 is 4.62. The predicted octanol–water partition coefficient (Wildman–Crippen LogP) is 4.67. The van der Waals surface area contributed by atoms with Crippen molar-refractivity contribution in [1.82, 2.24) is 9.97 Å². The number of hydrogen-bond acceptors (Lipinski definition) is 7. The van der Waals surface area contributed by atoms with E-state index in [1.807, 2.05) is 35.0 Å². The van der Waals surface area contributed by atoms with Crippen LogP contribution in [0.15, 0.2) is 40.4 Å². The van der Waals surface area contributed by atoms with Crippen LogP contribution in [0.25, 0.3) is 20.8 Å². The number of benzene rings is 1. The van der Waals surface area contributed by atoms with Crippen molar-refractivity contribution in [2.45, 2.75) is 6.42 Å². The molecule has 0 spiro atoms. The Balaban J connectivity index is 1.45. The number of thiophene rings is 1. The second kappa shape index (κ2) is 6.91. The summed E-state index contributed by atoms with van der Waals surface area (Å²) in [4.78, 5) is 21.2. The fourth-order valence-corrected chi connectivity index (χ4v) is 4.76. The summed E-state index contributed by atoms with van der Waals surface area (Å²) in [7, 11) is 1.63. The molecule has 0 fully saturated rings. The number of methoxy groups -OCH3 is 1. The van der Waals surface area contributed by atoms with Gasteiger partial charge in [0.15, 0.2) is 5.13 Å². The lowest BCUT2D eigenvalue weighted by molar-refractivity contribution is -0.115. The molecule has 0 saturated heterocycles. The summed E-state index contributed by atoms with van der Waals surface area (Å²) in [5.74, 6) is 0.658. The minimum atomic E-state index is -0.117. The molecule has 8 heteroatoms. The van der Waals surface area contributed by atoms with Gasteiger partial charge in [-0.2, -0.15) is 11.3 Å². The molecule has 3 aromatic heterocycles. The second-order valence-corrected chi connectivity index (χ2v) is 7.90. The van der Waals surface area contributed by atoms with E-state index in [2.05, 4.69) is 20.7 Å². The van der Waals surface area contributed by atoms with Crippen LogP contribution < -0.4 is 10.1 Å². The highest BCUT2D eigenvalue weighted by molar-refractivity contribution is 7.22. The zero-order valence-corrected chi connectivity index (χ0v) is 15.6. The van der Waals surface area contributed by atoms with Crippen LogP contribution in [-0.4, -0.2) is 23.0 Å². The Bertz CT molecular complexity index is 1020. The van der Waals surface area contributed by atoms with Gasteiger partial charge in [0.05, 0.1) is 29.4 Å². The summed E-state index contributed by atoms with van der Waals surface area (Å²) in [6.45, 7) is 0. The number of amides is 1. The molecule has 4 aromatic rings. The lowest BCUT2D eigenvalue weighted by Gasteiger charge is -1.98. The minimum absolute atomic E-state index is 0.117. The Labute approximate surface area is 156 Å². The van der Waals surface area contributed by atoms with E-state index in [1.165, 1.54) is 11.3 Å². The smallest absolute Gasteiger partial charge is 0.232 e. The van der Waals surface area contributed by atoms with Gasteiger partial charge in [0.1, 0.15) is 10.8 Å². The van der Waals surface area contributed by atoms with Gasteiger partial charge in [0, 0.05) is 16.3 Å². The molecule has 0 bridgehead atoms. The summed E-state index contributed by atoms with van der Waals surface area (Å²) in [6, 6.07) is 7.68. The number of nitrogens with one attached hydrogen (secondary N) is 1. The molecule has 25 heavy (non-hydrogen) atoms. The van der Waals surface area contributed by atoms with Crippen LogP contribution in [0.2, 0.25) is 0 Å². The molecule has 0 aliphatic heterocycles. The fraction of sp³-hybridized carbons (Fsp3) is 0.118. The summed E-state index contributed by atoms with van der Waals surface area (Å²) in [5.41, 5.74) is 2.71. The lowest BCUT2D eigenvalue weighted by Crippen LogP contribution is -2.14. The quantitative estimate of drug-likeness (QED) is 0.540. The van der Waals surface area contributed by atoms with Crippen LogP contribution in [0, 0.1) is 0 Å². The van der Waals surface area contributed by atoms with Crippen molar-refractivity contribution < 1.29 is 9.53 Å². The molecule has 1 aromatic carbocycles. The van der Waals surface area contributed by atoms with E-state index in [0.717, 1.165) is 32.2 Å². The normalized spacial score (nSPS) is 10.9. The van der Waals surface area contributed by atoms with Crippen LogP contribution in [-0.2, 0) is 11.2 Å². The van der Waals surface area contributed by atoms with Gasteiger partial charge >= 0.3 is 0 Å². The van der Waals surface area contributed by atoms with Gasteiger partial charge in [-0.3, -0.25) is 4.79 Å². The maximum atomic E-state index is 12.3. The van der Waals surface area contributed by atoms with Gasteiger partial charge in [-0.1, -0.05) is 11.3 Å². The van der Waals surface area contributed by atoms with E-state index in [0.29, 0.717) is 5.13 Å². The van der Waals surface area contributed by atoms with Crippen molar-refractivity contribution in [3.63, 3.8) is 0 Å². The van der Waals surface area contributed by atoms with Crippen molar-refractivity contribution in [3.8, 4) is 16.3 Å². The SMILES string of the molecule is COc1ccc2nc(NC(=O)Cc3csc(-c4ccsc4)n3)sc2c1. The highest BCUT2D eigenvalue weighted by Crippen LogP contribution is 2.29. The first-order chi connectivity index (χ1) is 12.2. The molecule has 1 amide bonds. The van der Waals surface area contributed by atoms with Gasteiger partial charge in [-0.15, -0.1) is 11.3 Å². The summed E-state index contributed by atoms with van der Waals surface area (Å²) < 4.78 is 6.18. The highest BCUT2D eigenvalue weighted by atomic mass is 32.1. The monoisotopic (exact) mass is 387 g/mol. The maximum absolute atomic E-state index is 12.3. The van der Waals surface area contributed by atoms with E-state index in [4.69, 9.17) is 4.74 Å². The first-order valence-electron chi connectivity index (χ1n) is 7.42. The number of carbonyl (C=O) groups excluding carboxylic acids is 1. The molecule has 3 heterocycles. The van der Waals surface area contributed by atoms with E-state index in [-0.39, 0.29) is 12.3 Å². The van der Waals surface area contributed by atoms with Crippen LogP contribution in [0.5, 0.6) is 5.75 Å². The third-order valence-corrected chi connectivity index (χ3v) is 6.06. The second-order valence-electron chi connectivity index (χ2n) is 5.23. The molecule has 0 atom stereocenters. The van der Waals surface area contributed by atoms with Gasteiger partial charge in [-0.25, -0.2) is 9.97 Å². The molecule has 4 rings (SSSR count). The molecular weight excluding hydrogens is 374 g/mol. The molecule has 1 N–H and O–H groups in total. The number of hydrogen-bond donors (Lipinski definition) is 1. The van der Waals surface area contributed by atoms with Crippen LogP contribution in [0.1, 0.15) is 5.69 Å². The molecular formula is C17H13N3O2S3. The molecule has 0 aliphatic rings. The van der Waals surface area contributed by atoms with E-state index in [1.54, 1.807) is 29.8 Å². The number of nitrogens with zero attached hydrogens (tertiary/aromatic N) is 2. The molecule has 0 saturated carbocycles. The van der Waals surface area contributed by atoms with Gasteiger partial charge in [0.2, 0.25) is 5.91 Å². The molecule has 0 radical (unpaired) electrons. The largest absolute Gasteiger partial charge is 0.497 e. The van der Waals surface area contributed by atoms with Crippen molar-refractivity contribution >= 4 is 55.3 Å². The topological polar surface area (TPSA) is 64.1 Å². The van der Waals surface area contributed by atoms with Crippen LogP contribution in [0.3, 0.4) is 0 Å². The third kappa shape index (κ3) is 3.55. The summed E-state index contributed by atoms with van der Waals surface area (Å²) in [5, 5.41) is 10.4. The summed E-state index contributed by atoms with van der Waals surface area (Å²) in [6.07, 6.45) is 0.236. The number of ether oxygens (including phenoxy) is 1. The van der Waals surface area contributed by atoms with Crippen molar-refractivity contribution in [2.75, 3.05) is 12.4 Å². The molecule has 126 valence electrons. The van der Waals surface area contributed by atoms with E-state index >= 15 is 0 Å². The van der Waals surface area contributed by atoms with Crippen molar-refractivity contribution in [1.29, 1.82) is 0 Å². The Kier molecular flexibility index (Phi) is 4.48. The average molecular weight is 388 g/mol. The third-order valence-electron chi connectivity index (χ3n) is 3.50. The first kappa shape index (κ1) is 16.2. The Morgan fingerprint density at radius 3 is 2.96 bits per heavy atom. The van der Waals surface area contributed by atoms with E-state index < -0.39 is 0 Å². The van der Waals surface area contributed by atoms with Crippen molar-refractivity contribution in [3.05, 3.63) is 46.1 Å². The number of fused-ring (bicyclic) bond motifs is 1. The minimum Gasteiger partial charge on any atom is -0.497 e. The maximum Gasteiger partial charge on any atom is 0.232 e. The standard InChI is InChI=1S/C17H13N3O2S3/c1-22-12-2-3-13-14(7-12)25-17(19-13)20-15(21)6-11-9-24-16(18-11)10-4-5-23-8-10/h2-5,7-9H,6H2,1H3,(H,19,20,21). The van der Waals surface area contributed by atoms with Crippen LogP contribution in [0.4, 0.5) is 5.13 Å². The number of aromatic nitrogens is 2. The molecule has 5 nitrogen and oxygen atoms in total. The van der Waals surface area contributed by atoms with Crippen molar-refractivity contribution in [2.24, 2.45) is 0 Å². The lowest BCUT2D eigenvalue weighted by atomic mass is 10.3. The first-order valence-corrected chi connectivity index (χ1v) is 10.1. The zero-order chi connectivity index (χ0) is 17.2. The Morgan fingerprint density at radius 2 is 2.16 bits per heavy atom. The van der Waals surface area contributed by atoms with Gasteiger partial charge in [0.25, 0.3) is 0 Å². The number of anilines is 1. The number of carbonyl (C=O) groups is 1. The molecule has 0 aliphatic carbocycles. The highest BCUT2D eigenvalue weighted by Gasteiger charge is 2.12. The number of rotatable bonds is 5. The fourth-order valence-electron chi connectivity index (χ4n) is 2.32. The van der Waals surface area contributed by atoms with Crippen LogP contribution >= 0.6 is 34.0 Å². The van der Waals surface area contributed by atoms with E-state index in [9.17, 15) is 4.79 Å². The average Bonchev–Trinajstić information content (AvgIpc) is 3.33. The predicted molar refractivity (Wildman–Crippen MR) is 104 cm³/mol. The zero-order valence-electron chi connectivity index (χ0n) is 13.2. The Hall–Kier alpha value is -2.29. The molecule has 0 unspecified atom stereocenters. The Morgan fingerprint density at radius 1 is 1.24 bits per heavy atom.